The van der Waals surface area contributed by atoms with Crippen LogP contribution in [0.25, 0.3) is 17.1 Å². The van der Waals surface area contributed by atoms with Gasteiger partial charge in [0.25, 0.3) is 5.91 Å². The summed E-state index contributed by atoms with van der Waals surface area (Å²) in [7, 11) is 0. The molecular weight excluding hydrogens is 444 g/mol. The zero-order valence-corrected chi connectivity index (χ0v) is 18.7. The van der Waals surface area contributed by atoms with Gasteiger partial charge in [-0.05, 0) is 55.5 Å². The van der Waals surface area contributed by atoms with Crippen LogP contribution in [0.3, 0.4) is 0 Å². The van der Waals surface area contributed by atoms with Crippen molar-refractivity contribution in [3.63, 3.8) is 0 Å². The molecule has 0 aliphatic rings. The number of carbonyl (C=O) groups excluding carboxylic acids is 2. The minimum Gasteiger partial charge on any atom is -0.292 e. The molecule has 4 aromatic rings. The van der Waals surface area contributed by atoms with E-state index in [4.69, 9.17) is 11.6 Å². The lowest BCUT2D eigenvalue weighted by atomic mass is 10.2. The van der Waals surface area contributed by atoms with Gasteiger partial charge in [-0.1, -0.05) is 59.3 Å². The molecule has 1 heterocycles. The first-order chi connectivity index (χ1) is 15.5. The highest BCUT2D eigenvalue weighted by Crippen LogP contribution is 2.28. The largest absolute Gasteiger partial charge is 0.292 e. The third-order valence-electron chi connectivity index (χ3n) is 4.65. The smallest absolute Gasteiger partial charge is 0.257 e. The van der Waals surface area contributed by atoms with Crippen molar-refractivity contribution in [2.75, 3.05) is 5.75 Å². The highest BCUT2D eigenvalue weighted by molar-refractivity contribution is 7.99. The number of imide groups is 1. The van der Waals surface area contributed by atoms with Crippen LogP contribution in [0, 0.1) is 6.92 Å². The van der Waals surface area contributed by atoms with Gasteiger partial charge in [0.05, 0.1) is 5.75 Å². The maximum atomic E-state index is 12.4. The molecule has 0 unspecified atom stereocenters. The Hall–Kier alpha value is -3.42. The molecular formula is C24H19ClN4O2S. The van der Waals surface area contributed by atoms with Gasteiger partial charge in [-0.15, -0.1) is 10.2 Å². The molecule has 160 valence electrons. The number of thioether (sulfide) groups is 1. The Balaban J connectivity index is 1.57. The molecule has 4 rings (SSSR count). The Bertz CT molecular complexity index is 1240. The highest BCUT2D eigenvalue weighted by atomic mass is 35.5. The van der Waals surface area contributed by atoms with Gasteiger partial charge in [-0.2, -0.15) is 0 Å². The van der Waals surface area contributed by atoms with Gasteiger partial charge in [-0.25, -0.2) is 0 Å². The van der Waals surface area contributed by atoms with Gasteiger partial charge < -0.3 is 0 Å². The normalized spacial score (nSPS) is 10.7. The van der Waals surface area contributed by atoms with Gasteiger partial charge in [0.15, 0.2) is 11.0 Å². The average Bonchev–Trinajstić information content (AvgIpc) is 3.23. The molecule has 0 aliphatic heterocycles. The summed E-state index contributed by atoms with van der Waals surface area (Å²) in [5.41, 5.74) is 3.27. The molecule has 0 saturated carbocycles. The summed E-state index contributed by atoms with van der Waals surface area (Å²) >= 11 is 7.24. The molecule has 3 aromatic carbocycles. The number of hydrogen-bond donors (Lipinski definition) is 1. The van der Waals surface area contributed by atoms with Crippen molar-refractivity contribution in [3.8, 4) is 17.1 Å². The van der Waals surface area contributed by atoms with Gasteiger partial charge in [0, 0.05) is 21.8 Å². The van der Waals surface area contributed by atoms with Crippen LogP contribution in [0.1, 0.15) is 15.9 Å². The fraction of sp³-hybridized carbons (Fsp3) is 0.0833. The maximum Gasteiger partial charge on any atom is 0.257 e. The average molecular weight is 463 g/mol. The van der Waals surface area contributed by atoms with E-state index in [2.05, 4.69) is 15.5 Å². The van der Waals surface area contributed by atoms with Crippen molar-refractivity contribution < 1.29 is 9.59 Å². The molecule has 0 atom stereocenters. The second-order valence-electron chi connectivity index (χ2n) is 7.02. The number of carbonyl (C=O) groups is 2. The van der Waals surface area contributed by atoms with E-state index in [1.54, 1.807) is 36.4 Å². The number of rotatable bonds is 6. The molecule has 8 heteroatoms. The molecule has 1 aromatic heterocycles. The summed E-state index contributed by atoms with van der Waals surface area (Å²) in [5, 5.41) is 12.2. The number of hydrogen-bond acceptors (Lipinski definition) is 5. The number of amides is 2. The summed E-state index contributed by atoms with van der Waals surface area (Å²) in [6.45, 7) is 2.01. The minimum absolute atomic E-state index is 0.0170. The van der Waals surface area contributed by atoms with E-state index >= 15 is 0 Å². The Kier molecular flexibility index (Phi) is 6.68. The third-order valence-corrected chi connectivity index (χ3v) is 5.83. The molecule has 0 bridgehead atoms. The second kappa shape index (κ2) is 9.80. The number of nitrogens with one attached hydrogen (secondary N) is 1. The van der Waals surface area contributed by atoms with Crippen molar-refractivity contribution in [3.05, 3.63) is 95.0 Å². The lowest BCUT2D eigenvalue weighted by Crippen LogP contribution is -2.31. The minimum atomic E-state index is -0.432. The monoisotopic (exact) mass is 462 g/mol. The van der Waals surface area contributed by atoms with Gasteiger partial charge >= 0.3 is 0 Å². The van der Waals surface area contributed by atoms with Crippen LogP contribution in [0.15, 0.2) is 84.0 Å². The van der Waals surface area contributed by atoms with E-state index in [1.165, 1.54) is 11.8 Å². The summed E-state index contributed by atoms with van der Waals surface area (Å²) in [6.07, 6.45) is 0. The van der Waals surface area contributed by atoms with E-state index < -0.39 is 11.8 Å². The van der Waals surface area contributed by atoms with Crippen molar-refractivity contribution in [2.45, 2.75) is 12.1 Å². The van der Waals surface area contributed by atoms with E-state index in [1.807, 2.05) is 54.0 Å². The lowest BCUT2D eigenvalue weighted by molar-refractivity contribution is -0.117. The number of nitrogens with zero attached hydrogens (tertiary/aromatic N) is 3. The molecule has 32 heavy (non-hydrogen) atoms. The Morgan fingerprint density at radius 1 is 0.938 bits per heavy atom. The van der Waals surface area contributed by atoms with Crippen molar-refractivity contribution in [1.29, 1.82) is 0 Å². The summed E-state index contributed by atoms with van der Waals surface area (Å²) in [4.78, 5) is 24.6. The van der Waals surface area contributed by atoms with Crippen molar-refractivity contribution in [1.82, 2.24) is 20.1 Å². The first kappa shape index (κ1) is 21.8. The van der Waals surface area contributed by atoms with Crippen LogP contribution in [0.5, 0.6) is 0 Å². The van der Waals surface area contributed by atoms with Crippen LogP contribution < -0.4 is 5.32 Å². The number of benzene rings is 3. The first-order valence-electron chi connectivity index (χ1n) is 9.82. The highest BCUT2D eigenvalue weighted by Gasteiger charge is 2.18. The Morgan fingerprint density at radius 2 is 1.62 bits per heavy atom. The summed E-state index contributed by atoms with van der Waals surface area (Å²) in [5.74, 6) is -0.189. The standard InChI is InChI=1S/C24H19ClN4O2S/c1-16-7-13-20(14-8-16)29-22(17-9-11-19(25)12-10-17)27-28-24(29)32-15-21(30)26-23(31)18-5-3-2-4-6-18/h2-14H,15H2,1H3,(H,26,30,31). The van der Waals surface area contributed by atoms with Gasteiger partial charge in [0.2, 0.25) is 5.91 Å². The molecule has 0 fully saturated rings. The second-order valence-corrected chi connectivity index (χ2v) is 8.39. The molecule has 0 spiro atoms. The number of halogens is 1. The molecule has 2 amide bonds. The van der Waals surface area contributed by atoms with Gasteiger partial charge in [0.1, 0.15) is 0 Å². The van der Waals surface area contributed by atoms with E-state index in [0.29, 0.717) is 21.6 Å². The Labute approximate surface area is 194 Å². The molecule has 0 radical (unpaired) electrons. The van der Waals surface area contributed by atoms with Crippen LogP contribution in [0.2, 0.25) is 5.02 Å². The molecule has 0 saturated heterocycles. The van der Waals surface area contributed by atoms with Crippen LogP contribution >= 0.6 is 23.4 Å². The Morgan fingerprint density at radius 3 is 2.31 bits per heavy atom. The van der Waals surface area contributed by atoms with E-state index in [-0.39, 0.29) is 5.75 Å². The van der Waals surface area contributed by atoms with Gasteiger partial charge in [-0.3, -0.25) is 19.5 Å². The lowest BCUT2D eigenvalue weighted by Gasteiger charge is -2.11. The maximum absolute atomic E-state index is 12.4. The van der Waals surface area contributed by atoms with E-state index in [9.17, 15) is 9.59 Å². The predicted octanol–water partition coefficient (Wildman–Crippen LogP) is 4.94. The van der Waals surface area contributed by atoms with Crippen molar-refractivity contribution >= 4 is 35.2 Å². The number of aryl methyl sites for hydroxylation is 1. The molecule has 1 N–H and O–H groups in total. The molecule has 0 aliphatic carbocycles. The predicted molar refractivity (Wildman–Crippen MR) is 126 cm³/mol. The van der Waals surface area contributed by atoms with Crippen LogP contribution in [-0.2, 0) is 4.79 Å². The zero-order chi connectivity index (χ0) is 22.5. The topological polar surface area (TPSA) is 76.9 Å². The summed E-state index contributed by atoms with van der Waals surface area (Å²) in [6, 6.07) is 23.9. The molecule has 6 nitrogen and oxygen atoms in total. The first-order valence-corrected chi connectivity index (χ1v) is 11.2. The third kappa shape index (κ3) is 5.07. The van der Waals surface area contributed by atoms with E-state index in [0.717, 1.165) is 16.8 Å². The van der Waals surface area contributed by atoms with Crippen LogP contribution in [0.4, 0.5) is 0 Å². The number of aromatic nitrogens is 3. The summed E-state index contributed by atoms with van der Waals surface area (Å²) < 4.78 is 1.89. The zero-order valence-electron chi connectivity index (χ0n) is 17.2. The van der Waals surface area contributed by atoms with Crippen molar-refractivity contribution in [2.24, 2.45) is 0 Å². The fourth-order valence-corrected chi connectivity index (χ4v) is 3.91. The SMILES string of the molecule is Cc1ccc(-n2c(SCC(=O)NC(=O)c3ccccc3)nnc2-c2ccc(Cl)cc2)cc1. The van der Waals surface area contributed by atoms with Crippen LogP contribution in [-0.4, -0.2) is 32.3 Å². The quantitative estimate of drug-likeness (QED) is 0.410. The fourth-order valence-electron chi connectivity index (χ4n) is 3.03.